The number of likely N-dealkylation sites (tertiary alicyclic amines) is 1. The molecule has 0 unspecified atom stereocenters. The molecular formula is C12H26N2S. The third kappa shape index (κ3) is 6.44. The molecule has 15 heavy (non-hydrogen) atoms. The van der Waals surface area contributed by atoms with Gasteiger partial charge >= 0.3 is 0 Å². The van der Waals surface area contributed by atoms with Gasteiger partial charge in [0.15, 0.2) is 0 Å². The summed E-state index contributed by atoms with van der Waals surface area (Å²) in [6, 6.07) is 0.386. The zero-order valence-electron chi connectivity index (χ0n) is 10.1. The van der Waals surface area contributed by atoms with Gasteiger partial charge in [0.1, 0.15) is 0 Å². The molecule has 1 atom stereocenters. The lowest BCUT2D eigenvalue weighted by Crippen LogP contribution is -2.39. The van der Waals surface area contributed by atoms with Crippen LogP contribution in [0.3, 0.4) is 0 Å². The standard InChI is InChI=1S/C12H26N2S/c1-15-10-7-12(13)11-14-8-5-3-2-4-6-9-14/h12H,2-11,13H2,1H3/t12-/m1/s1. The van der Waals surface area contributed by atoms with Gasteiger partial charge in [-0.05, 0) is 44.4 Å². The van der Waals surface area contributed by atoms with Crippen LogP contribution in [0.2, 0.25) is 0 Å². The van der Waals surface area contributed by atoms with Crippen LogP contribution in [-0.2, 0) is 0 Å². The van der Waals surface area contributed by atoms with E-state index < -0.39 is 0 Å². The number of rotatable bonds is 5. The van der Waals surface area contributed by atoms with E-state index in [9.17, 15) is 0 Å². The van der Waals surface area contributed by atoms with Gasteiger partial charge in [0.25, 0.3) is 0 Å². The van der Waals surface area contributed by atoms with Gasteiger partial charge < -0.3 is 10.6 Å². The zero-order chi connectivity index (χ0) is 10.9. The van der Waals surface area contributed by atoms with Gasteiger partial charge in [-0.1, -0.05) is 19.3 Å². The van der Waals surface area contributed by atoms with E-state index in [1.54, 1.807) is 0 Å². The van der Waals surface area contributed by atoms with Crippen molar-refractivity contribution >= 4 is 11.8 Å². The number of nitrogens with zero attached hydrogens (tertiary/aromatic N) is 1. The third-order valence-corrected chi connectivity index (χ3v) is 3.78. The van der Waals surface area contributed by atoms with Crippen molar-refractivity contribution in [3.63, 3.8) is 0 Å². The molecule has 1 aliphatic heterocycles. The average molecular weight is 230 g/mol. The Morgan fingerprint density at radius 1 is 1.13 bits per heavy atom. The van der Waals surface area contributed by atoms with Gasteiger partial charge in [-0.15, -0.1) is 0 Å². The Morgan fingerprint density at radius 2 is 1.73 bits per heavy atom. The summed E-state index contributed by atoms with van der Waals surface area (Å²) in [6.45, 7) is 3.65. The largest absolute Gasteiger partial charge is 0.327 e. The molecule has 0 saturated carbocycles. The van der Waals surface area contributed by atoms with E-state index in [1.165, 1.54) is 50.9 Å². The normalized spacial score (nSPS) is 22.0. The molecule has 90 valence electrons. The van der Waals surface area contributed by atoms with Crippen LogP contribution >= 0.6 is 11.8 Å². The first-order chi connectivity index (χ1) is 7.33. The van der Waals surface area contributed by atoms with Crippen LogP contribution in [0.4, 0.5) is 0 Å². The van der Waals surface area contributed by atoms with Crippen LogP contribution in [0.1, 0.15) is 38.5 Å². The molecule has 0 aromatic carbocycles. The van der Waals surface area contributed by atoms with Crippen LogP contribution in [0.15, 0.2) is 0 Å². The maximum absolute atomic E-state index is 6.13. The minimum absolute atomic E-state index is 0.386. The van der Waals surface area contributed by atoms with Crippen LogP contribution in [-0.4, -0.2) is 42.6 Å². The second-order valence-electron chi connectivity index (χ2n) is 4.61. The molecule has 0 aromatic heterocycles. The number of hydrogen-bond acceptors (Lipinski definition) is 3. The molecule has 3 heteroatoms. The average Bonchev–Trinajstić information content (AvgIpc) is 2.19. The van der Waals surface area contributed by atoms with Crippen LogP contribution in [0, 0.1) is 0 Å². The van der Waals surface area contributed by atoms with Crippen molar-refractivity contribution in [1.82, 2.24) is 4.90 Å². The number of hydrogen-bond donors (Lipinski definition) is 1. The van der Waals surface area contributed by atoms with Crippen molar-refractivity contribution in [2.75, 3.05) is 31.6 Å². The summed E-state index contributed by atoms with van der Waals surface area (Å²) in [5.41, 5.74) is 6.13. The fourth-order valence-electron chi connectivity index (χ4n) is 2.19. The van der Waals surface area contributed by atoms with Gasteiger partial charge in [-0.25, -0.2) is 0 Å². The van der Waals surface area contributed by atoms with Crippen molar-refractivity contribution in [3.05, 3.63) is 0 Å². The fourth-order valence-corrected chi connectivity index (χ4v) is 2.73. The monoisotopic (exact) mass is 230 g/mol. The minimum Gasteiger partial charge on any atom is -0.327 e. The Morgan fingerprint density at radius 3 is 2.33 bits per heavy atom. The predicted molar refractivity (Wildman–Crippen MR) is 70.5 cm³/mol. The zero-order valence-corrected chi connectivity index (χ0v) is 10.9. The third-order valence-electron chi connectivity index (χ3n) is 3.13. The molecule has 1 fully saturated rings. The summed E-state index contributed by atoms with van der Waals surface area (Å²) in [5.74, 6) is 1.20. The summed E-state index contributed by atoms with van der Waals surface area (Å²) in [5, 5.41) is 0. The molecule has 0 amide bonds. The molecule has 0 bridgehead atoms. The summed E-state index contributed by atoms with van der Waals surface area (Å²) in [6.07, 6.45) is 10.3. The Hall–Kier alpha value is 0.270. The highest BCUT2D eigenvalue weighted by Gasteiger charge is 2.11. The fraction of sp³-hybridized carbons (Fsp3) is 1.00. The molecule has 1 saturated heterocycles. The van der Waals surface area contributed by atoms with Crippen molar-refractivity contribution in [1.29, 1.82) is 0 Å². The molecular weight excluding hydrogens is 204 g/mol. The second kappa shape index (κ2) is 8.43. The Balaban J connectivity index is 2.16. The highest BCUT2D eigenvalue weighted by Crippen LogP contribution is 2.11. The maximum atomic E-state index is 6.13. The van der Waals surface area contributed by atoms with Crippen LogP contribution in [0.5, 0.6) is 0 Å². The highest BCUT2D eigenvalue weighted by molar-refractivity contribution is 7.98. The van der Waals surface area contributed by atoms with E-state index in [0.29, 0.717) is 6.04 Å². The lowest BCUT2D eigenvalue weighted by Gasteiger charge is -2.27. The SMILES string of the molecule is CSCC[C@@H](N)CN1CCCCCCC1. The summed E-state index contributed by atoms with van der Waals surface area (Å²) < 4.78 is 0. The molecule has 2 nitrogen and oxygen atoms in total. The van der Waals surface area contributed by atoms with Crippen LogP contribution in [0.25, 0.3) is 0 Å². The van der Waals surface area contributed by atoms with E-state index in [4.69, 9.17) is 5.73 Å². The van der Waals surface area contributed by atoms with Crippen molar-refractivity contribution in [3.8, 4) is 0 Å². The molecule has 1 rings (SSSR count). The quantitative estimate of drug-likeness (QED) is 0.786. The molecule has 2 N–H and O–H groups in total. The van der Waals surface area contributed by atoms with Gasteiger partial charge in [-0.2, -0.15) is 11.8 Å². The number of nitrogens with two attached hydrogens (primary N) is 1. The Labute approximate surface area is 99.0 Å². The summed E-state index contributed by atoms with van der Waals surface area (Å²) in [4.78, 5) is 2.57. The molecule has 0 radical (unpaired) electrons. The molecule has 1 heterocycles. The summed E-state index contributed by atoms with van der Waals surface area (Å²) >= 11 is 1.90. The first-order valence-corrected chi connectivity index (χ1v) is 7.69. The van der Waals surface area contributed by atoms with Crippen LogP contribution < -0.4 is 5.73 Å². The van der Waals surface area contributed by atoms with Crippen molar-refractivity contribution in [2.24, 2.45) is 5.73 Å². The molecule has 0 aromatic rings. The lowest BCUT2D eigenvalue weighted by molar-refractivity contribution is 0.232. The number of thioether (sulfide) groups is 1. The topological polar surface area (TPSA) is 29.3 Å². The minimum atomic E-state index is 0.386. The molecule has 0 aliphatic carbocycles. The van der Waals surface area contributed by atoms with Crippen molar-refractivity contribution in [2.45, 2.75) is 44.6 Å². The lowest BCUT2D eigenvalue weighted by atomic mass is 10.1. The molecule has 1 aliphatic rings. The first kappa shape index (κ1) is 13.3. The van der Waals surface area contributed by atoms with E-state index >= 15 is 0 Å². The van der Waals surface area contributed by atoms with E-state index in [2.05, 4.69) is 11.2 Å². The summed E-state index contributed by atoms with van der Waals surface area (Å²) in [7, 11) is 0. The maximum Gasteiger partial charge on any atom is 0.0175 e. The van der Waals surface area contributed by atoms with Gasteiger partial charge in [-0.3, -0.25) is 0 Å². The van der Waals surface area contributed by atoms with Gasteiger partial charge in [0.05, 0.1) is 0 Å². The Kier molecular flexibility index (Phi) is 7.49. The van der Waals surface area contributed by atoms with Gasteiger partial charge in [0, 0.05) is 12.6 Å². The smallest absolute Gasteiger partial charge is 0.0175 e. The highest BCUT2D eigenvalue weighted by atomic mass is 32.2. The molecule has 0 spiro atoms. The predicted octanol–water partition coefficient (Wildman–Crippen LogP) is 2.33. The van der Waals surface area contributed by atoms with Crippen molar-refractivity contribution < 1.29 is 0 Å². The van der Waals surface area contributed by atoms with E-state index in [-0.39, 0.29) is 0 Å². The first-order valence-electron chi connectivity index (χ1n) is 6.30. The Bertz CT molecular complexity index is 145. The second-order valence-corrected chi connectivity index (χ2v) is 5.60. The van der Waals surface area contributed by atoms with E-state index in [0.717, 1.165) is 13.0 Å². The van der Waals surface area contributed by atoms with Gasteiger partial charge in [0.2, 0.25) is 0 Å². The van der Waals surface area contributed by atoms with E-state index in [1.807, 2.05) is 11.8 Å².